The highest BCUT2D eigenvalue weighted by Gasteiger charge is 2.19. The Kier molecular flexibility index (Phi) is 3.69. The lowest BCUT2D eigenvalue weighted by Gasteiger charge is -2.17. The molecule has 0 radical (unpaired) electrons. The third-order valence-corrected chi connectivity index (χ3v) is 3.76. The fraction of sp³-hybridized carbons (Fsp3) is 0.333. The number of hydrogen-bond donors (Lipinski definition) is 2. The largest absolute Gasteiger partial charge is 0.348 e. The number of halogens is 1. The first-order valence-electron chi connectivity index (χ1n) is 6.96. The van der Waals surface area contributed by atoms with Crippen LogP contribution in [0.15, 0.2) is 30.7 Å². The van der Waals surface area contributed by atoms with E-state index in [2.05, 4.69) is 28.4 Å². The van der Waals surface area contributed by atoms with E-state index in [1.165, 1.54) is 0 Å². The SMILES string of the molecule is CC(C)n1c(C(N)Cc2cnc[nH]2)nc2cc(Cl)ccc21. The van der Waals surface area contributed by atoms with Gasteiger partial charge in [-0.25, -0.2) is 9.97 Å². The van der Waals surface area contributed by atoms with Gasteiger partial charge in [0.2, 0.25) is 0 Å². The number of fused-ring (bicyclic) bond motifs is 1. The lowest BCUT2D eigenvalue weighted by molar-refractivity contribution is 0.538. The summed E-state index contributed by atoms with van der Waals surface area (Å²) in [6.45, 7) is 4.25. The van der Waals surface area contributed by atoms with Crippen molar-refractivity contribution in [3.63, 3.8) is 0 Å². The van der Waals surface area contributed by atoms with Gasteiger partial charge >= 0.3 is 0 Å². The molecule has 1 unspecified atom stereocenters. The van der Waals surface area contributed by atoms with E-state index in [0.717, 1.165) is 22.6 Å². The molecule has 0 aliphatic heterocycles. The van der Waals surface area contributed by atoms with Gasteiger partial charge in [0, 0.05) is 29.4 Å². The van der Waals surface area contributed by atoms with Crippen LogP contribution in [-0.2, 0) is 6.42 Å². The minimum atomic E-state index is -0.195. The summed E-state index contributed by atoms with van der Waals surface area (Å²) in [4.78, 5) is 11.8. The zero-order chi connectivity index (χ0) is 15.0. The van der Waals surface area contributed by atoms with Gasteiger partial charge in [-0.1, -0.05) is 11.6 Å². The Morgan fingerprint density at radius 2 is 2.19 bits per heavy atom. The fourth-order valence-electron chi connectivity index (χ4n) is 2.62. The summed E-state index contributed by atoms with van der Waals surface area (Å²) >= 11 is 6.06. The second-order valence-electron chi connectivity index (χ2n) is 5.45. The zero-order valence-corrected chi connectivity index (χ0v) is 12.8. The molecule has 5 nitrogen and oxygen atoms in total. The highest BCUT2D eigenvalue weighted by atomic mass is 35.5. The number of hydrogen-bond acceptors (Lipinski definition) is 3. The third-order valence-electron chi connectivity index (χ3n) is 3.52. The number of H-pyrrole nitrogens is 1. The van der Waals surface area contributed by atoms with Crippen LogP contribution < -0.4 is 5.73 Å². The standard InChI is InChI=1S/C15H18ClN5/c1-9(2)21-14-4-3-10(16)5-13(14)20-15(21)12(17)6-11-7-18-8-19-11/h3-5,7-9,12H,6,17H2,1-2H3,(H,18,19). The summed E-state index contributed by atoms with van der Waals surface area (Å²) in [6, 6.07) is 5.84. The van der Waals surface area contributed by atoms with Gasteiger partial charge in [0.25, 0.3) is 0 Å². The average molecular weight is 304 g/mol. The van der Waals surface area contributed by atoms with Crippen LogP contribution in [0.3, 0.4) is 0 Å². The highest BCUT2D eigenvalue weighted by Crippen LogP contribution is 2.27. The predicted octanol–water partition coefficient (Wildman–Crippen LogP) is 3.24. The number of imidazole rings is 2. The molecule has 0 aliphatic rings. The van der Waals surface area contributed by atoms with Gasteiger partial charge in [0.05, 0.1) is 23.4 Å². The molecular formula is C15H18ClN5. The van der Waals surface area contributed by atoms with Crippen LogP contribution >= 0.6 is 11.6 Å². The molecule has 6 heteroatoms. The molecule has 3 aromatic rings. The molecule has 0 amide bonds. The number of rotatable bonds is 4. The smallest absolute Gasteiger partial charge is 0.127 e. The number of nitrogens with two attached hydrogens (primary N) is 1. The average Bonchev–Trinajstić information content (AvgIpc) is 3.04. The van der Waals surface area contributed by atoms with Crippen molar-refractivity contribution in [1.29, 1.82) is 0 Å². The van der Waals surface area contributed by atoms with Gasteiger partial charge in [0.15, 0.2) is 0 Å². The van der Waals surface area contributed by atoms with E-state index in [-0.39, 0.29) is 12.1 Å². The van der Waals surface area contributed by atoms with Crippen LogP contribution in [0.2, 0.25) is 5.02 Å². The lowest BCUT2D eigenvalue weighted by atomic mass is 10.1. The first kappa shape index (κ1) is 14.1. The maximum absolute atomic E-state index is 6.36. The normalized spacial score (nSPS) is 13.2. The van der Waals surface area contributed by atoms with Crippen LogP contribution in [0.5, 0.6) is 0 Å². The fourth-order valence-corrected chi connectivity index (χ4v) is 2.79. The summed E-state index contributed by atoms with van der Waals surface area (Å²) in [5.74, 6) is 0.872. The molecule has 3 rings (SSSR count). The van der Waals surface area contributed by atoms with Crippen molar-refractivity contribution in [2.45, 2.75) is 32.4 Å². The third kappa shape index (κ3) is 2.66. The van der Waals surface area contributed by atoms with E-state index in [0.29, 0.717) is 11.4 Å². The van der Waals surface area contributed by atoms with Gasteiger partial charge in [-0.05, 0) is 32.0 Å². The molecule has 0 aliphatic carbocycles. The molecule has 3 N–H and O–H groups in total. The molecule has 0 spiro atoms. The molecule has 0 saturated heterocycles. The van der Waals surface area contributed by atoms with Gasteiger partial charge in [-0.2, -0.15) is 0 Å². The number of aromatic nitrogens is 4. The monoisotopic (exact) mass is 303 g/mol. The highest BCUT2D eigenvalue weighted by molar-refractivity contribution is 6.31. The Morgan fingerprint density at radius 3 is 2.86 bits per heavy atom. The predicted molar refractivity (Wildman–Crippen MR) is 84.3 cm³/mol. The van der Waals surface area contributed by atoms with Crippen molar-refractivity contribution in [3.8, 4) is 0 Å². The molecule has 110 valence electrons. The first-order valence-corrected chi connectivity index (χ1v) is 7.34. The van der Waals surface area contributed by atoms with Crippen molar-refractivity contribution in [1.82, 2.24) is 19.5 Å². The molecule has 0 saturated carbocycles. The van der Waals surface area contributed by atoms with E-state index < -0.39 is 0 Å². The molecule has 2 heterocycles. The maximum atomic E-state index is 6.36. The maximum Gasteiger partial charge on any atom is 0.127 e. The van der Waals surface area contributed by atoms with Crippen molar-refractivity contribution < 1.29 is 0 Å². The second-order valence-corrected chi connectivity index (χ2v) is 5.89. The van der Waals surface area contributed by atoms with Gasteiger partial charge in [0.1, 0.15) is 5.82 Å². The van der Waals surface area contributed by atoms with E-state index in [1.54, 1.807) is 12.5 Å². The summed E-state index contributed by atoms with van der Waals surface area (Å²) in [5.41, 5.74) is 9.31. The van der Waals surface area contributed by atoms with E-state index in [9.17, 15) is 0 Å². The van der Waals surface area contributed by atoms with E-state index in [1.807, 2.05) is 18.2 Å². The molecular weight excluding hydrogens is 286 g/mol. The minimum absolute atomic E-state index is 0.195. The molecule has 0 fully saturated rings. The summed E-state index contributed by atoms with van der Waals surface area (Å²) in [6.07, 6.45) is 4.12. The van der Waals surface area contributed by atoms with Crippen molar-refractivity contribution in [2.75, 3.05) is 0 Å². The number of benzene rings is 1. The quantitative estimate of drug-likeness (QED) is 0.777. The Hall–Kier alpha value is -1.85. The molecule has 0 bridgehead atoms. The van der Waals surface area contributed by atoms with Crippen LogP contribution in [-0.4, -0.2) is 19.5 Å². The Labute approximate surface area is 128 Å². The first-order chi connectivity index (χ1) is 10.1. The Morgan fingerprint density at radius 1 is 1.38 bits per heavy atom. The van der Waals surface area contributed by atoms with Crippen LogP contribution in [0.25, 0.3) is 11.0 Å². The topological polar surface area (TPSA) is 72.5 Å². The minimum Gasteiger partial charge on any atom is -0.348 e. The van der Waals surface area contributed by atoms with Crippen LogP contribution in [0.1, 0.15) is 37.4 Å². The van der Waals surface area contributed by atoms with Gasteiger partial charge in [-0.15, -0.1) is 0 Å². The number of nitrogens with one attached hydrogen (secondary N) is 1. The summed E-state index contributed by atoms with van der Waals surface area (Å²) in [7, 11) is 0. The molecule has 21 heavy (non-hydrogen) atoms. The summed E-state index contributed by atoms with van der Waals surface area (Å²) in [5, 5.41) is 0.685. The molecule has 1 atom stereocenters. The molecule has 1 aromatic carbocycles. The summed E-state index contributed by atoms with van der Waals surface area (Å²) < 4.78 is 2.17. The van der Waals surface area contributed by atoms with Gasteiger partial charge < -0.3 is 15.3 Å². The van der Waals surface area contributed by atoms with Crippen LogP contribution in [0, 0.1) is 0 Å². The van der Waals surface area contributed by atoms with E-state index in [4.69, 9.17) is 22.3 Å². The Balaban J connectivity index is 2.06. The van der Waals surface area contributed by atoms with Crippen LogP contribution in [0.4, 0.5) is 0 Å². The van der Waals surface area contributed by atoms with E-state index >= 15 is 0 Å². The lowest BCUT2D eigenvalue weighted by Crippen LogP contribution is -2.20. The molecule has 2 aromatic heterocycles. The van der Waals surface area contributed by atoms with Crippen molar-refractivity contribution >= 4 is 22.6 Å². The second kappa shape index (κ2) is 5.50. The Bertz CT molecular complexity index is 745. The number of nitrogens with zero attached hydrogens (tertiary/aromatic N) is 3. The zero-order valence-electron chi connectivity index (χ0n) is 12.0. The van der Waals surface area contributed by atoms with Gasteiger partial charge in [-0.3, -0.25) is 0 Å². The number of aromatic amines is 1. The van der Waals surface area contributed by atoms with Crippen molar-refractivity contribution in [2.24, 2.45) is 5.73 Å². The van der Waals surface area contributed by atoms with Crippen molar-refractivity contribution in [3.05, 3.63) is 47.3 Å².